The van der Waals surface area contributed by atoms with Crippen molar-refractivity contribution in [2.75, 3.05) is 0 Å². The van der Waals surface area contributed by atoms with Crippen molar-refractivity contribution in [1.29, 1.82) is 0 Å². The van der Waals surface area contributed by atoms with Gasteiger partial charge in [-0.2, -0.15) is 0 Å². The van der Waals surface area contributed by atoms with Crippen LogP contribution < -0.4 is 0 Å². The average Bonchev–Trinajstić information content (AvgIpc) is 2.76. The van der Waals surface area contributed by atoms with Crippen LogP contribution in [-0.4, -0.2) is 11.2 Å². The van der Waals surface area contributed by atoms with Gasteiger partial charge in [0.1, 0.15) is 5.78 Å². The van der Waals surface area contributed by atoms with E-state index < -0.39 is 0 Å². The summed E-state index contributed by atoms with van der Waals surface area (Å²) in [6, 6.07) is 0. The zero-order valence-electron chi connectivity index (χ0n) is 13.5. The van der Waals surface area contributed by atoms with Crippen LogP contribution in [-0.2, 0) is 4.79 Å². The number of carbonyl (C=O) groups is 1. The molecule has 4 rings (SSSR count). The van der Waals surface area contributed by atoms with Crippen molar-refractivity contribution in [3.8, 4) is 0 Å². The van der Waals surface area contributed by atoms with Crippen LogP contribution in [0.2, 0.25) is 0 Å². The highest BCUT2D eigenvalue weighted by Gasteiger charge is 2.60. The summed E-state index contributed by atoms with van der Waals surface area (Å²) in [5.74, 6) is 3.79. The van der Waals surface area contributed by atoms with Crippen molar-refractivity contribution in [2.45, 2.75) is 77.0 Å². The molecular formula is C19H29ClO. The lowest BCUT2D eigenvalue weighted by Gasteiger charge is -2.60. The quantitative estimate of drug-likeness (QED) is 0.562. The summed E-state index contributed by atoms with van der Waals surface area (Å²) in [5, 5.41) is 0.418. The third kappa shape index (κ3) is 1.92. The first-order chi connectivity index (χ1) is 9.95. The van der Waals surface area contributed by atoms with Crippen molar-refractivity contribution in [1.82, 2.24) is 0 Å². The fourth-order valence-electron chi connectivity index (χ4n) is 6.98. The number of hydrogen-bond donors (Lipinski definition) is 0. The summed E-state index contributed by atoms with van der Waals surface area (Å²) in [6.07, 6.45) is 11.0. The molecule has 0 amide bonds. The van der Waals surface area contributed by atoms with E-state index in [1.54, 1.807) is 0 Å². The van der Waals surface area contributed by atoms with E-state index in [0.29, 0.717) is 22.5 Å². The van der Waals surface area contributed by atoms with Crippen LogP contribution >= 0.6 is 11.6 Å². The lowest BCUT2D eigenvalue weighted by atomic mass is 9.45. The zero-order chi connectivity index (χ0) is 14.8. The number of hydrogen-bond acceptors (Lipinski definition) is 1. The zero-order valence-corrected chi connectivity index (χ0v) is 14.3. The minimum Gasteiger partial charge on any atom is -0.299 e. The number of carbonyl (C=O) groups excluding carboxylic acids is 1. The fourth-order valence-corrected chi connectivity index (χ4v) is 7.30. The van der Waals surface area contributed by atoms with Gasteiger partial charge in [0.25, 0.3) is 0 Å². The molecule has 0 aromatic rings. The Labute approximate surface area is 134 Å². The van der Waals surface area contributed by atoms with Crippen LogP contribution in [0.1, 0.15) is 71.6 Å². The predicted octanol–water partition coefficient (Wildman–Crippen LogP) is 5.21. The maximum absolute atomic E-state index is 12.4. The van der Waals surface area contributed by atoms with E-state index in [4.69, 9.17) is 11.6 Å². The van der Waals surface area contributed by atoms with Crippen molar-refractivity contribution in [3.63, 3.8) is 0 Å². The van der Waals surface area contributed by atoms with Crippen LogP contribution in [0.15, 0.2) is 0 Å². The van der Waals surface area contributed by atoms with E-state index in [-0.39, 0.29) is 5.41 Å². The monoisotopic (exact) mass is 308 g/mol. The standard InChI is InChI=1S/C19H29ClO/c1-18-9-7-13(20)11-12(18)3-4-14-15-5-6-17(21)19(15,2)10-8-16(14)18/h12-16H,3-11H2,1-2H3/t12-,13+,14-,15-,16+,18+,19+/m0/s1. The van der Waals surface area contributed by atoms with Gasteiger partial charge in [-0.15, -0.1) is 11.6 Å². The van der Waals surface area contributed by atoms with Gasteiger partial charge in [-0.25, -0.2) is 0 Å². The topological polar surface area (TPSA) is 17.1 Å². The summed E-state index contributed by atoms with van der Waals surface area (Å²) in [7, 11) is 0. The van der Waals surface area contributed by atoms with Crippen LogP contribution in [0.3, 0.4) is 0 Å². The molecule has 4 aliphatic carbocycles. The van der Waals surface area contributed by atoms with Crippen molar-refractivity contribution in [3.05, 3.63) is 0 Å². The van der Waals surface area contributed by atoms with Gasteiger partial charge in [0.2, 0.25) is 0 Å². The Kier molecular flexibility index (Phi) is 3.27. The summed E-state index contributed by atoms with van der Waals surface area (Å²) in [5.41, 5.74) is 0.551. The number of fused-ring (bicyclic) bond motifs is 5. The Morgan fingerprint density at radius 1 is 1.00 bits per heavy atom. The maximum Gasteiger partial charge on any atom is 0.139 e. The number of rotatable bonds is 0. The van der Waals surface area contributed by atoms with Crippen molar-refractivity contribution >= 4 is 17.4 Å². The van der Waals surface area contributed by atoms with E-state index in [9.17, 15) is 4.79 Å². The van der Waals surface area contributed by atoms with Gasteiger partial charge >= 0.3 is 0 Å². The van der Waals surface area contributed by atoms with Crippen molar-refractivity contribution < 1.29 is 4.79 Å². The van der Waals surface area contributed by atoms with E-state index in [1.165, 1.54) is 44.9 Å². The molecule has 21 heavy (non-hydrogen) atoms. The Bertz CT molecular complexity index is 460. The van der Waals surface area contributed by atoms with Crippen molar-refractivity contribution in [2.24, 2.45) is 34.5 Å². The largest absolute Gasteiger partial charge is 0.299 e. The fraction of sp³-hybridized carbons (Fsp3) is 0.947. The molecule has 2 heteroatoms. The third-order valence-corrected chi connectivity index (χ3v) is 8.71. The third-order valence-electron chi connectivity index (χ3n) is 8.31. The van der Waals surface area contributed by atoms with Crippen LogP contribution in [0.25, 0.3) is 0 Å². The second kappa shape index (κ2) is 4.73. The summed E-state index contributed by atoms with van der Waals surface area (Å²) in [6.45, 7) is 4.85. The first-order valence-corrected chi connectivity index (χ1v) is 9.56. The molecule has 0 bridgehead atoms. The maximum atomic E-state index is 12.4. The molecule has 0 unspecified atom stereocenters. The second-order valence-corrected chi connectivity index (χ2v) is 9.56. The Morgan fingerprint density at radius 3 is 2.62 bits per heavy atom. The predicted molar refractivity (Wildman–Crippen MR) is 86.4 cm³/mol. The summed E-state index contributed by atoms with van der Waals surface area (Å²) >= 11 is 6.46. The molecule has 4 aliphatic rings. The van der Waals surface area contributed by atoms with E-state index in [0.717, 1.165) is 30.6 Å². The highest BCUT2D eigenvalue weighted by molar-refractivity contribution is 6.20. The molecule has 0 aromatic heterocycles. The van der Waals surface area contributed by atoms with Gasteiger partial charge < -0.3 is 0 Å². The first kappa shape index (κ1) is 14.5. The van der Waals surface area contributed by atoms with Crippen LogP contribution in [0, 0.1) is 34.5 Å². The minimum absolute atomic E-state index is 0.0358. The normalized spacial score (nSPS) is 56.5. The number of Topliss-reactive ketones (excluding diaryl/α,β-unsaturated/α-hetero) is 1. The molecule has 0 saturated heterocycles. The highest BCUT2D eigenvalue weighted by Crippen LogP contribution is 2.65. The van der Waals surface area contributed by atoms with Gasteiger partial charge in [0, 0.05) is 17.2 Å². The first-order valence-electron chi connectivity index (χ1n) is 9.12. The number of alkyl halides is 1. The molecule has 0 spiro atoms. The lowest BCUT2D eigenvalue weighted by molar-refractivity contribution is -0.138. The lowest BCUT2D eigenvalue weighted by Crippen LogP contribution is -2.53. The van der Waals surface area contributed by atoms with Crippen LogP contribution in [0.4, 0.5) is 0 Å². The smallest absolute Gasteiger partial charge is 0.139 e. The molecule has 1 nitrogen and oxygen atoms in total. The molecule has 0 aromatic carbocycles. The molecule has 0 N–H and O–H groups in total. The molecule has 7 atom stereocenters. The molecule has 118 valence electrons. The Balaban J connectivity index is 1.64. The summed E-state index contributed by atoms with van der Waals surface area (Å²) < 4.78 is 0. The molecule has 0 aliphatic heterocycles. The van der Waals surface area contributed by atoms with E-state index in [2.05, 4.69) is 13.8 Å². The van der Waals surface area contributed by atoms with E-state index in [1.807, 2.05) is 0 Å². The van der Waals surface area contributed by atoms with Gasteiger partial charge in [0.05, 0.1) is 0 Å². The average molecular weight is 309 g/mol. The van der Waals surface area contributed by atoms with Gasteiger partial charge in [0.15, 0.2) is 0 Å². The van der Waals surface area contributed by atoms with Gasteiger partial charge in [-0.05, 0) is 80.5 Å². The van der Waals surface area contributed by atoms with Gasteiger partial charge in [-0.3, -0.25) is 4.79 Å². The summed E-state index contributed by atoms with van der Waals surface area (Å²) in [4.78, 5) is 12.4. The number of halogens is 1. The SMILES string of the molecule is C[C@@]12CC[C@@H](Cl)C[C@@H]1CC[C@@H]1[C@H]2CC[C@@]2(C)C(=O)CC[C@@H]12. The Morgan fingerprint density at radius 2 is 1.81 bits per heavy atom. The highest BCUT2D eigenvalue weighted by atomic mass is 35.5. The molecular weight excluding hydrogens is 280 g/mol. The van der Waals surface area contributed by atoms with Crippen LogP contribution in [0.5, 0.6) is 0 Å². The molecule has 4 fully saturated rings. The minimum atomic E-state index is 0.0358. The molecule has 0 heterocycles. The second-order valence-electron chi connectivity index (χ2n) is 8.95. The molecule has 0 radical (unpaired) electrons. The number of ketones is 1. The Hall–Kier alpha value is -0.0400. The molecule has 4 saturated carbocycles. The van der Waals surface area contributed by atoms with E-state index >= 15 is 0 Å². The van der Waals surface area contributed by atoms with Gasteiger partial charge in [-0.1, -0.05) is 13.8 Å².